The fourth-order valence-electron chi connectivity index (χ4n) is 1.75. The van der Waals surface area contributed by atoms with Crippen LogP contribution in [0.25, 0.3) is 0 Å². The first-order chi connectivity index (χ1) is 9.31. The molecule has 0 unspecified atom stereocenters. The monoisotopic (exact) mass is 360 g/mol. The van der Waals surface area contributed by atoms with E-state index < -0.39 is 5.82 Å². The van der Waals surface area contributed by atoms with Gasteiger partial charge in [-0.05, 0) is 28.9 Å². The van der Waals surface area contributed by atoms with Crippen molar-refractivity contribution in [1.82, 2.24) is 9.78 Å². The zero-order valence-electron chi connectivity index (χ0n) is 10.7. The summed E-state index contributed by atoms with van der Waals surface area (Å²) >= 11 is 8.91. The van der Waals surface area contributed by atoms with Crippen LogP contribution >= 0.6 is 27.5 Å². The van der Waals surface area contributed by atoms with Gasteiger partial charge in [0.25, 0.3) is 0 Å². The average Bonchev–Trinajstić information content (AvgIpc) is 2.61. The van der Waals surface area contributed by atoms with Crippen LogP contribution in [-0.4, -0.2) is 15.6 Å². The second-order valence-electron chi connectivity index (χ2n) is 4.10. The van der Waals surface area contributed by atoms with Gasteiger partial charge in [0.1, 0.15) is 23.0 Å². The Kier molecular flexibility index (Phi) is 4.01. The van der Waals surface area contributed by atoms with Crippen molar-refractivity contribution in [2.75, 3.05) is 0 Å². The minimum Gasteiger partial charge on any atom is -0.437 e. The predicted octanol–water partition coefficient (Wildman–Crippen LogP) is 3.36. The largest absolute Gasteiger partial charge is 0.437 e. The standard InChI is InChI=1S/C12H11BrClFN4O/c1-5-10(11(16)17)12(19(2)18-5)20-9-4-8(15)7(14)3-6(9)13/h3-4H,1-2H3,(H3,16,17). The lowest BCUT2D eigenvalue weighted by atomic mass is 10.2. The molecule has 0 amide bonds. The van der Waals surface area contributed by atoms with E-state index in [4.69, 9.17) is 27.5 Å². The molecule has 2 aromatic rings. The molecular formula is C12H11BrClFN4O. The molecule has 3 N–H and O–H groups in total. The van der Waals surface area contributed by atoms with E-state index in [9.17, 15) is 4.39 Å². The minimum absolute atomic E-state index is 0.0165. The van der Waals surface area contributed by atoms with Gasteiger partial charge < -0.3 is 10.5 Å². The third kappa shape index (κ3) is 2.64. The summed E-state index contributed by atoms with van der Waals surface area (Å²) in [4.78, 5) is 0. The van der Waals surface area contributed by atoms with Gasteiger partial charge in [-0.1, -0.05) is 11.6 Å². The number of nitrogens with one attached hydrogen (secondary N) is 1. The van der Waals surface area contributed by atoms with E-state index in [2.05, 4.69) is 21.0 Å². The number of nitrogens with zero attached hydrogens (tertiary/aromatic N) is 2. The van der Waals surface area contributed by atoms with Gasteiger partial charge in [-0.15, -0.1) is 0 Å². The molecule has 0 saturated heterocycles. The van der Waals surface area contributed by atoms with Crippen molar-refractivity contribution < 1.29 is 9.13 Å². The lowest BCUT2D eigenvalue weighted by Gasteiger charge is -2.10. The molecule has 8 heteroatoms. The Hall–Kier alpha value is -1.60. The highest BCUT2D eigenvalue weighted by Crippen LogP contribution is 2.35. The normalized spacial score (nSPS) is 10.7. The topological polar surface area (TPSA) is 76.9 Å². The van der Waals surface area contributed by atoms with Crippen LogP contribution in [-0.2, 0) is 7.05 Å². The van der Waals surface area contributed by atoms with Crippen LogP contribution in [0.1, 0.15) is 11.3 Å². The van der Waals surface area contributed by atoms with Gasteiger partial charge in [0.2, 0.25) is 5.88 Å². The Labute approximate surface area is 128 Å². The van der Waals surface area contributed by atoms with Gasteiger partial charge in [0.05, 0.1) is 15.2 Å². The number of aromatic nitrogens is 2. The van der Waals surface area contributed by atoms with Crippen LogP contribution in [0.4, 0.5) is 4.39 Å². The first kappa shape index (κ1) is 14.8. The number of nitrogens with two attached hydrogens (primary N) is 1. The summed E-state index contributed by atoms with van der Waals surface area (Å²) in [6, 6.07) is 2.54. The Morgan fingerprint density at radius 3 is 2.80 bits per heavy atom. The SMILES string of the molecule is Cc1nn(C)c(Oc2cc(F)c(Cl)cc2Br)c1C(=N)N. The summed E-state index contributed by atoms with van der Waals surface area (Å²) < 4.78 is 21.0. The summed E-state index contributed by atoms with van der Waals surface area (Å²) in [6.07, 6.45) is 0. The third-order valence-corrected chi connectivity index (χ3v) is 3.53. The number of aryl methyl sites for hydroxylation is 2. The Bertz CT molecular complexity index is 701. The minimum atomic E-state index is -0.604. The molecule has 20 heavy (non-hydrogen) atoms. The summed E-state index contributed by atoms with van der Waals surface area (Å²) in [5.41, 5.74) is 6.44. The maximum atomic E-state index is 13.5. The van der Waals surface area contributed by atoms with Crippen molar-refractivity contribution >= 4 is 33.4 Å². The predicted molar refractivity (Wildman–Crippen MR) is 78.1 cm³/mol. The fraction of sp³-hybridized carbons (Fsp3) is 0.167. The number of halogens is 3. The highest BCUT2D eigenvalue weighted by Gasteiger charge is 2.19. The average molecular weight is 362 g/mol. The van der Waals surface area contributed by atoms with Crippen LogP contribution < -0.4 is 10.5 Å². The van der Waals surface area contributed by atoms with Crippen LogP contribution in [0, 0.1) is 18.2 Å². The summed E-state index contributed by atoms with van der Waals surface area (Å²) in [6.45, 7) is 1.71. The smallest absolute Gasteiger partial charge is 0.228 e. The van der Waals surface area contributed by atoms with Crippen molar-refractivity contribution in [2.45, 2.75) is 6.92 Å². The van der Waals surface area contributed by atoms with Crippen molar-refractivity contribution in [3.05, 3.63) is 38.7 Å². The van der Waals surface area contributed by atoms with Gasteiger partial charge in [0, 0.05) is 13.1 Å². The molecule has 0 bridgehead atoms. The third-order valence-electron chi connectivity index (χ3n) is 2.62. The van der Waals surface area contributed by atoms with E-state index in [0.29, 0.717) is 15.7 Å². The second-order valence-corrected chi connectivity index (χ2v) is 5.36. The van der Waals surface area contributed by atoms with Gasteiger partial charge in [-0.2, -0.15) is 5.10 Å². The fourth-order valence-corrected chi connectivity index (χ4v) is 2.47. The number of benzene rings is 1. The molecule has 0 atom stereocenters. The van der Waals surface area contributed by atoms with E-state index >= 15 is 0 Å². The van der Waals surface area contributed by atoms with E-state index in [1.54, 1.807) is 14.0 Å². The Balaban J connectivity index is 2.50. The van der Waals surface area contributed by atoms with E-state index in [1.165, 1.54) is 10.7 Å². The highest BCUT2D eigenvalue weighted by molar-refractivity contribution is 9.10. The molecule has 1 aromatic heterocycles. The molecular weight excluding hydrogens is 351 g/mol. The molecule has 0 aliphatic carbocycles. The molecule has 0 radical (unpaired) electrons. The maximum Gasteiger partial charge on any atom is 0.228 e. The van der Waals surface area contributed by atoms with Crippen LogP contribution in [0.5, 0.6) is 11.6 Å². The zero-order valence-corrected chi connectivity index (χ0v) is 13.0. The summed E-state index contributed by atoms with van der Waals surface area (Å²) in [5, 5.41) is 11.7. The van der Waals surface area contributed by atoms with Gasteiger partial charge in [0.15, 0.2) is 0 Å². The lowest BCUT2D eigenvalue weighted by molar-refractivity contribution is 0.424. The molecule has 1 heterocycles. The molecule has 106 valence electrons. The maximum absolute atomic E-state index is 13.5. The summed E-state index contributed by atoms with van der Waals surface area (Å²) in [5.74, 6) is -0.292. The van der Waals surface area contributed by atoms with E-state index in [1.807, 2.05) is 0 Å². The Morgan fingerprint density at radius 2 is 2.20 bits per heavy atom. The number of hydrogen-bond donors (Lipinski definition) is 2. The second kappa shape index (κ2) is 5.41. The van der Waals surface area contributed by atoms with Crippen LogP contribution in [0.2, 0.25) is 5.02 Å². The number of hydrogen-bond acceptors (Lipinski definition) is 3. The highest BCUT2D eigenvalue weighted by atomic mass is 79.9. The molecule has 0 spiro atoms. The number of ether oxygens (including phenoxy) is 1. The van der Waals surface area contributed by atoms with Gasteiger partial charge >= 0.3 is 0 Å². The van der Waals surface area contributed by atoms with Crippen LogP contribution in [0.15, 0.2) is 16.6 Å². The molecule has 2 rings (SSSR count). The summed E-state index contributed by atoms with van der Waals surface area (Å²) in [7, 11) is 1.65. The van der Waals surface area contributed by atoms with Crippen molar-refractivity contribution in [3.8, 4) is 11.6 Å². The van der Waals surface area contributed by atoms with Crippen molar-refractivity contribution in [1.29, 1.82) is 5.41 Å². The quantitative estimate of drug-likeness (QED) is 0.500. The lowest BCUT2D eigenvalue weighted by Crippen LogP contribution is -2.13. The molecule has 0 aliphatic rings. The molecule has 1 aromatic carbocycles. The number of nitrogen functional groups attached to an aromatic ring is 1. The van der Waals surface area contributed by atoms with Crippen molar-refractivity contribution in [2.24, 2.45) is 12.8 Å². The van der Waals surface area contributed by atoms with E-state index in [-0.39, 0.29) is 22.5 Å². The first-order valence-corrected chi connectivity index (χ1v) is 6.68. The van der Waals surface area contributed by atoms with Gasteiger partial charge in [-0.3, -0.25) is 5.41 Å². The molecule has 0 fully saturated rings. The van der Waals surface area contributed by atoms with Crippen molar-refractivity contribution in [3.63, 3.8) is 0 Å². The van der Waals surface area contributed by atoms with Crippen LogP contribution in [0.3, 0.4) is 0 Å². The molecule has 0 aliphatic heterocycles. The van der Waals surface area contributed by atoms with Gasteiger partial charge in [-0.25, -0.2) is 9.07 Å². The Morgan fingerprint density at radius 1 is 1.55 bits per heavy atom. The molecule has 5 nitrogen and oxygen atoms in total. The first-order valence-electron chi connectivity index (χ1n) is 5.51. The number of rotatable bonds is 3. The molecule has 0 saturated carbocycles. The number of amidine groups is 1. The zero-order chi connectivity index (χ0) is 15.0. The van der Waals surface area contributed by atoms with E-state index in [0.717, 1.165) is 6.07 Å².